The summed E-state index contributed by atoms with van der Waals surface area (Å²) in [6.07, 6.45) is 2.61. The molecule has 0 fully saturated rings. The van der Waals surface area contributed by atoms with Crippen LogP contribution < -0.4 is 4.90 Å². The molecule has 2 aromatic heterocycles. The van der Waals surface area contributed by atoms with Gasteiger partial charge in [-0.1, -0.05) is 45.1 Å². The van der Waals surface area contributed by atoms with Crippen LogP contribution in [0.15, 0.2) is 41.0 Å². The second-order valence-electron chi connectivity index (χ2n) is 6.87. The third-order valence-corrected chi connectivity index (χ3v) is 4.90. The average Bonchev–Trinajstić information content (AvgIpc) is 3.19. The first-order chi connectivity index (χ1) is 11.4. The van der Waals surface area contributed by atoms with Crippen LogP contribution in [-0.4, -0.2) is 10.9 Å². The predicted molar refractivity (Wildman–Crippen MR) is 98.4 cm³/mol. The van der Waals surface area contributed by atoms with E-state index in [4.69, 9.17) is 4.42 Å². The van der Waals surface area contributed by atoms with Crippen molar-refractivity contribution < 1.29 is 9.21 Å². The summed E-state index contributed by atoms with van der Waals surface area (Å²) >= 11 is 1.55. The lowest BCUT2D eigenvalue weighted by atomic mass is 9.95. The second-order valence-corrected chi connectivity index (χ2v) is 7.88. The fourth-order valence-corrected chi connectivity index (χ4v) is 3.51. The van der Waals surface area contributed by atoms with E-state index in [2.05, 4.69) is 24.0 Å². The summed E-state index contributed by atoms with van der Waals surface area (Å²) in [6.45, 7) is 8.30. The highest BCUT2D eigenvalue weighted by molar-refractivity contribution is 7.22. The Morgan fingerprint density at radius 3 is 2.71 bits per heavy atom. The molecule has 2 heterocycles. The third-order valence-electron chi connectivity index (χ3n) is 3.86. The predicted octanol–water partition coefficient (Wildman–Crippen LogP) is 5.03. The van der Waals surface area contributed by atoms with Crippen LogP contribution in [0, 0.1) is 5.41 Å². The van der Waals surface area contributed by atoms with Crippen LogP contribution in [0.1, 0.15) is 39.0 Å². The molecule has 3 rings (SSSR count). The van der Waals surface area contributed by atoms with Gasteiger partial charge in [-0.2, -0.15) is 0 Å². The number of hydrogen-bond acceptors (Lipinski definition) is 4. The zero-order valence-electron chi connectivity index (χ0n) is 14.5. The number of furan rings is 1. The quantitative estimate of drug-likeness (QED) is 0.668. The molecule has 0 saturated heterocycles. The molecule has 0 unspecified atom stereocenters. The van der Waals surface area contributed by atoms with Gasteiger partial charge in [0.15, 0.2) is 5.13 Å². The number of aromatic nitrogens is 1. The maximum atomic E-state index is 12.9. The van der Waals surface area contributed by atoms with Crippen molar-refractivity contribution in [1.29, 1.82) is 0 Å². The highest BCUT2D eigenvalue weighted by atomic mass is 32.1. The SMILES string of the molecule is CCc1ccc2nc(N(Cc3ccco3)C(=O)C(C)(C)C)sc2c1. The molecular formula is C19H22N2O2S. The summed E-state index contributed by atoms with van der Waals surface area (Å²) in [5, 5.41) is 0.717. The molecule has 0 bridgehead atoms. The Hall–Kier alpha value is -2.14. The Morgan fingerprint density at radius 1 is 1.29 bits per heavy atom. The largest absolute Gasteiger partial charge is 0.467 e. The van der Waals surface area contributed by atoms with E-state index in [1.165, 1.54) is 5.56 Å². The van der Waals surface area contributed by atoms with Gasteiger partial charge in [0.25, 0.3) is 0 Å². The van der Waals surface area contributed by atoms with Gasteiger partial charge < -0.3 is 4.42 Å². The summed E-state index contributed by atoms with van der Waals surface area (Å²) < 4.78 is 6.55. The summed E-state index contributed by atoms with van der Waals surface area (Å²) in [4.78, 5) is 19.4. The molecule has 4 nitrogen and oxygen atoms in total. The van der Waals surface area contributed by atoms with Gasteiger partial charge in [-0.3, -0.25) is 9.69 Å². The van der Waals surface area contributed by atoms with Gasteiger partial charge in [0.05, 0.1) is 23.0 Å². The lowest BCUT2D eigenvalue weighted by Gasteiger charge is -2.26. The van der Waals surface area contributed by atoms with Crippen LogP contribution in [0.25, 0.3) is 10.2 Å². The summed E-state index contributed by atoms with van der Waals surface area (Å²) in [5.41, 5.74) is 1.72. The van der Waals surface area contributed by atoms with Gasteiger partial charge in [-0.05, 0) is 36.2 Å². The van der Waals surface area contributed by atoms with Crippen LogP contribution in [0.3, 0.4) is 0 Å². The number of hydrogen-bond donors (Lipinski definition) is 0. The highest BCUT2D eigenvalue weighted by Gasteiger charge is 2.30. The lowest BCUT2D eigenvalue weighted by molar-refractivity contribution is -0.126. The highest BCUT2D eigenvalue weighted by Crippen LogP contribution is 2.33. The molecule has 0 aliphatic carbocycles. The van der Waals surface area contributed by atoms with E-state index in [1.807, 2.05) is 39.0 Å². The molecule has 0 aliphatic rings. The Balaban J connectivity index is 2.02. The molecule has 3 aromatic rings. The fraction of sp³-hybridized carbons (Fsp3) is 0.368. The van der Waals surface area contributed by atoms with Gasteiger partial charge in [0, 0.05) is 5.41 Å². The minimum atomic E-state index is -0.487. The first-order valence-electron chi connectivity index (χ1n) is 8.12. The molecule has 0 aliphatic heterocycles. The third kappa shape index (κ3) is 3.36. The number of anilines is 1. The Labute approximate surface area is 146 Å². The summed E-state index contributed by atoms with van der Waals surface area (Å²) in [7, 11) is 0. The molecule has 0 spiro atoms. The average molecular weight is 342 g/mol. The fourth-order valence-electron chi connectivity index (χ4n) is 2.48. The first-order valence-corrected chi connectivity index (χ1v) is 8.94. The van der Waals surface area contributed by atoms with Crippen molar-refractivity contribution in [1.82, 2.24) is 4.98 Å². The molecule has 5 heteroatoms. The van der Waals surface area contributed by atoms with Crippen LogP contribution in [0.2, 0.25) is 0 Å². The minimum Gasteiger partial charge on any atom is -0.467 e. The Bertz CT molecular complexity index is 844. The summed E-state index contributed by atoms with van der Waals surface area (Å²) in [6, 6.07) is 9.99. The number of aryl methyl sites for hydroxylation is 1. The van der Waals surface area contributed by atoms with E-state index in [-0.39, 0.29) is 5.91 Å². The van der Waals surface area contributed by atoms with E-state index in [1.54, 1.807) is 22.5 Å². The van der Waals surface area contributed by atoms with Crippen molar-refractivity contribution in [3.8, 4) is 0 Å². The Kier molecular flexibility index (Phi) is 4.45. The van der Waals surface area contributed by atoms with Gasteiger partial charge in [0.2, 0.25) is 5.91 Å². The van der Waals surface area contributed by atoms with Crippen molar-refractivity contribution in [2.45, 2.75) is 40.7 Å². The Morgan fingerprint density at radius 2 is 2.08 bits per heavy atom. The van der Waals surface area contributed by atoms with Gasteiger partial charge in [0.1, 0.15) is 5.76 Å². The smallest absolute Gasteiger partial charge is 0.234 e. The van der Waals surface area contributed by atoms with Crippen molar-refractivity contribution in [2.75, 3.05) is 4.90 Å². The van der Waals surface area contributed by atoms with Gasteiger partial charge in [-0.25, -0.2) is 4.98 Å². The molecular weight excluding hydrogens is 320 g/mol. The number of thiazole rings is 1. The van der Waals surface area contributed by atoms with Crippen molar-refractivity contribution in [3.05, 3.63) is 47.9 Å². The van der Waals surface area contributed by atoms with E-state index in [9.17, 15) is 4.79 Å². The molecule has 0 radical (unpaired) electrons. The molecule has 126 valence electrons. The molecule has 0 atom stereocenters. The number of carbonyl (C=O) groups is 1. The number of fused-ring (bicyclic) bond motifs is 1. The second kappa shape index (κ2) is 6.40. The maximum absolute atomic E-state index is 12.9. The normalized spacial score (nSPS) is 11.8. The van der Waals surface area contributed by atoms with Gasteiger partial charge >= 0.3 is 0 Å². The van der Waals surface area contributed by atoms with Crippen molar-refractivity contribution in [2.24, 2.45) is 5.41 Å². The van der Waals surface area contributed by atoms with Crippen LogP contribution in [0.4, 0.5) is 5.13 Å². The number of rotatable bonds is 4. The first kappa shape index (κ1) is 16.7. The number of amides is 1. The van der Waals surface area contributed by atoms with E-state index in [0.29, 0.717) is 6.54 Å². The number of carbonyl (C=O) groups excluding carboxylic acids is 1. The molecule has 24 heavy (non-hydrogen) atoms. The number of nitrogens with zero attached hydrogens (tertiary/aromatic N) is 2. The summed E-state index contributed by atoms with van der Waals surface area (Å²) in [5.74, 6) is 0.787. The van der Waals surface area contributed by atoms with Crippen molar-refractivity contribution in [3.63, 3.8) is 0 Å². The van der Waals surface area contributed by atoms with Gasteiger partial charge in [-0.15, -0.1) is 0 Å². The topological polar surface area (TPSA) is 46.3 Å². The zero-order chi connectivity index (χ0) is 17.3. The standard InChI is InChI=1S/C19H22N2O2S/c1-5-13-8-9-15-16(11-13)24-18(20-15)21(17(22)19(2,3)4)12-14-7-6-10-23-14/h6-11H,5,12H2,1-4H3. The van der Waals surface area contributed by atoms with E-state index in [0.717, 1.165) is 27.5 Å². The minimum absolute atomic E-state index is 0.0358. The van der Waals surface area contributed by atoms with E-state index >= 15 is 0 Å². The van der Waals surface area contributed by atoms with Crippen LogP contribution in [0.5, 0.6) is 0 Å². The van der Waals surface area contributed by atoms with E-state index < -0.39 is 5.41 Å². The number of benzene rings is 1. The van der Waals surface area contributed by atoms with Crippen LogP contribution in [-0.2, 0) is 17.8 Å². The molecule has 0 saturated carbocycles. The molecule has 1 amide bonds. The maximum Gasteiger partial charge on any atom is 0.234 e. The lowest BCUT2D eigenvalue weighted by Crippen LogP contribution is -2.39. The zero-order valence-corrected chi connectivity index (χ0v) is 15.3. The van der Waals surface area contributed by atoms with Crippen LogP contribution >= 0.6 is 11.3 Å². The molecule has 0 N–H and O–H groups in total. The monoisotopic (exact) mass is 342 g/mol. The van der Waals surface area contributed by atoms with Crippen molar-refractivity contribution >= 4 is 32.6 Å². The molecule has 1 aromatic carbocycles.